The third-order valence-electron chi connectivity index (χ3n) is 7.06. The standard InChI is InChI=1S/C31H26ClN5O3/c1-3-33-29(40)16-25-31-36-35-17(2)37(31)26-11-8-20(13-24(26)30(34-25)18-6-9-23(32)10-7-18)19-4-5-21-14-27(38)28(39)15-22(21)12-19/h4-15,25,38-39H,3,16H2,1-2H3,(H,33,40). The number of amides is 1. The van der Waals surface area contributed by atoms with E-state index in [-0.39, 0.29) is 23.8 Å². The molecule has 4 aromatic carbocycles. The molecule has 0 saturated heterocycles. The van der Waals surface area contributed by atoms with Gasteiger partial charge in [0.2, 0.25) is 5.91 Å². The lowest BCUT2D eigenvalue weighted by atomic mass is 9.94. The van der Waals surface area contributed by atoms with Gasteiger partial charge in [0.1, 0.15) is 11.9 Å². The molecule has 0 bridgehead atoms. The summed E-state index contributed by atoms with van der Waals surface area (Å²) in [6.45, 7) is 4.29. The molecule has 1 atom stereocenters. The van der Waals surface area contributed by atoms with Crippen LogP contribution in [0.4, 0.5) is 0 Å². The lowest BCUT2D eigenvalue weighted by molar-refractivity contribution is -0.121. The second-order valence-corrected chi connectivity index (χ2v) is 10.2. The van der Waals surface area contributed by atoms with Crippen molar-refractivity contribution in [1.29, 1.82) is 0 Å². The van der Waals surface area contributed by atoms with E-state index in [1.54, 1.807) is 12.1 Å². The molecule has 0 fully saturated rings. The second-order valence-electron chi connectivity index (χ2n) is 9.73. The van der Waals surface area contributed by atoms with Crippen molar-refractivity contribution in [3.05, 3.63) is 101 Å². The van der Waals surface area contributed by atoms with Crippen molar-refractivity contribution in [1.82, 2.24) is 20.1 Å². The highest BCUT2D eigenvalue weighted by Gasteiger charge is 2.30. The molecule has 9 heteroatoms. The molecule has 1 amide bonds. The minimum absolute atomic E-state index is 0.115. The van der Waals surface area contributed by atoms with Gasteiger partial charge in [0.05, 0.1) is 17.8 Å². The number of carbonyl (C=O) groups excluding carboxylic acids is 1. The van der Waals surface area contributed by atoms with Crippen molar-refractivity contribution in [3.8, 4) is 28.3 Å². The highest BCUT2D eigenvalue weighted by molar-refractivity contribution is 6.30. The molecule has 0 saturated carbocycles. The molecule has 3 N–H and O–H groups in total. The number of rotatable bonds is 5. The summed E-state index contributed by atoms with van der Waals surface area (Å²) < 4.78 is 1.97. The zero-order valence-corrected chi connectivity index (χ0v) is 22.6. The van der Waals surface area contributed by atoms with Crippen LogP contribution < -0.4 is 5.32 Å². The molecule has 1 aliphatic rings. The molecule has 0 spiro atoms. The number of aromatic hydroxyl groups is 2. The van der Waals surface area contributed by atoms with Gasteiger partial charge in [0, 0.05) is 22.7 Å². The molecule has 1 aromatic heterocycles. The van der Waals surface area contributed by atoms with Gasteiger partial charge < -0.3 is 15.5 Å². The summed E-state index contributed by atoms with van der Waals surface area (Å²) in [4.78, 5) is 17.8. The van der Waals surface area contributed by atoms with Crippen molar-refractivity contribution >= 4 is 34.0 Å². The van der Waals surface area contributed by atoms with Gasteiger partial charge in [0.15, 0.2) is 17.3 Å². The number of aliphatic imine (C=N–C) groups is 1. The van der Waals surface area contributed by atoms with E-state index in [9.17, 15) is 15.0 Å². The Hall–Kier alpha value is -4.69. The molecule has 1 unspecified atom stereocenters. The van der Waals surface area contributed by atoms with Crippen LogP contribution in [0.15, 0.2) is 77.8 Å². The average Bonchev–Trinajstić information content (AvgIpc) is 3.26. The first-order valence-corrected chi connectivity index (χ1v) is 13.3. The Labute approximate surface area is 235 Å². The van der Waals surface area contributed by atoms with E-state index in [1.807, 2.05) is 73.0 Å². The Morgan fingerprint density at radius 2 is 1.57 bits per heavy atom. The lowest BCUT2D eigenvalue weighted by Gasteiger charge is -2.15. The first-order chi connectivity index (χ1) is 19.3. The van der Waals surface area contributed by atoms with Crippen molar-refractivity contribution < 1.29 is 15.0 Å². The first kappa shape index (κ1) is 25.6. The Kier molecular flexibility index (Phi) is 6.48. The van der Waals surface area contributed by atoms with E-state index in [2.05, 4.69) is 21.6 Å². The molecule has 0 aliphatic carbocycles. The zero-order chi connectivity index (χ0) is 28.0. The molecular formula is C31H26ClN5O3. The first-order valence-electron chi connectivity index (χ1n) is 13.0. The van der Waals surface area contributed by atoms with E-state index >= 15 is 0 Å². The van der Waals surface area contributed by atoms with Crippen LogP contribution >= 0.6 is 11.6 Å². The highest BCUT2D eigenvalue weighted by atomic mass is 35.5. The maximum atomic E-state index is 12.7. The molecule has 5 aromatic rings. The maximum Gasteiger partial charge on any atom is 0.222 e. The molecular weight excluding hydrogens is 526 g/mol. The van der Waals surface area contributed by atoms with Crippen LogP contribution in [0.5, 0.6) is 11.5 Å². The maximum absolute atomic E-state index is 12.7. The fourth-order valence-electron chi connectivity index (χ4n) is 5.15. The summed E-state index contributed by atoms with van der Waals surface area (Å²) in [5.41, 5.74) is 5.16. The minimum atomic E-state index is -0.550. The van der Waals surface area contributed by atoms with Crippen LogP contribution in [-0.4, -0.2) is 43.1 Å². The third kappa shape index (κ3) is 4.56. The number of nitrogens with zero attached hydrogens (tertiary/aromatic N) is 4. The Morgan fingerprint density at radius 3 is 2.33 bits per heavy atom. The second kappa shape index (κ2) is 10.1. The predicted molar refractivity (Wildman–Crippen MR) is 156 cm³/mol. The summed E-state index contributed by atoms with van der Waals surface area (Å²) in [5, 5.41) is 33.8. The van der Waals surface area contributed by atoms with E-state index in [1.165, 1.54) is 0 Å². The molecule has 1 aliphatic heterocycles. The van der Waals surface area contributed by atoms with Crippen molar-refractivity contribution in [2.75, 3.05) is 6.54 Å². The number of nitrogens with one attached hydrogen (secondary N) is 1. The van der Waals surface area contributed by atoms with E-state index < -0.39 is 6.04 Å². The van der Waals surface area contributed by atoms with Crippen molar-refractivity contribution in [2.45, 2.75) is 26.3 Å². The number of benzene rings is 4. The molecule has 8 nitrogen and oxygen atoms in total. The van der Waals surface area contributed by atoms with Gasteiger partial charge in [-0.05, 0) is 78.2 Å². The summed E-state index contributed by atoms with van der Waals surface area (Å²) in [7, 11) is 0. The molecule has 0 radical (unpaired) electrons. The summed E-state index contributed by atoms with van der Waals surface area (Å²) >= 11 is 6.22. The number of fused-ring (bicyclic) bond motifs is 4. The topological polar surface area (TPSA) is 113 Å². The van der Waals surface area contributed by atoms with Crippen LogP contribution in [-0.2, 0) is 4.79 Å². The Bertz CT molecular complexity index is 1810. The van der Waals surface area contributed by atoms with Gasteiger partial charge >= 0.3 is 0 Å². The van der Waals surface area contributed by atoms with Crippen LogP contribution in [0.2, 0.25) is 5.02 Å². The van der Waals surface area contributed by atoms with E-state index in [4.69, 9.17) is 16.6 Å². The highest BCUT2D eigenvalue weighted by Crippen LogP contribution is 2.37. The number of aromatic nitrogens is 3. The number of halogens is 1. The quantitative estimate of drug-likeness (QED) is 0.236. The number of hydrogen-bond acceptors (Lipinski definition) is 6. The molecule has 200 valence electrons. The van der Waals surface area contributed by atoms with Gasteiger partial charge in [-0.25, -0.2) is 0 Å². The largest absolute Gasteiger partial charge is 0.504 e. The SMILES string of the molecule is CCNC(=O)CC1N=C(c2ccc(Cl)cc2)c2cc(-c3ccc4cc(O)c(O)cc4c3)ccc2-n2c(C)nnc21. The smallest absolute Gasteiger partial charge is 0.222 e. The number of hydrogen-bond donors (Lipinski definition) is 3. The Morgan fingerprint density at radius 1 is 0.900 bits per heavy atom. The van der Waals surface area contributed by atoms with Crippen LogP contribution in [0.25, 0.3) is 27.6 Å². The Balaban J connectivity index is 1.56. The number of phenolic OH excluding ortho intramolecular Hbond substituents is 2. The predicted octanol–water partition coefficient (Wildman–Crippen LogP) is 5.88. The fraction of sp³-hybridized carbons (Fsp3) is 0.161. The van der Waals surface area contributed by atoms with E-state index in [0.29, 0.717) is 23.2 Å². The van der Waals surface area contributed by atoms with Gasteiger partial charge in [-0.1, -0.05) is 41.9 Å². The zero-order valence-electron chi connectivity index (χ0n) is 21.9. The van der Waals surface area contributed by atoms with Crippen LogP contribution in [0.3, 0.4) is 0 Å². The van der Waals surface area contributed by atoms with Crippen LogP contribution in [0.1, 0.15) is 42.2 Å². The van der Waals surface area contributed by atoms with Gasteiger partial charge in [-0.2, -0.15) is 0 Å². The number of carbonyl (C=O) groups is 1. The summed E-state index contributed by atoms with van der Waals surface area (Å²) in [6, 6.07) is 22.0. The van der Waals surface area contributed by atoms with E-state index in [0.717, 1.165) is 44.4 Å². The normalized spacial score (nSPS) is 14.3. The van der Waals surface area contributed by atoms with Gasteiger partial charge in [-0.3, -0.25) is 14.4 Å². The van der Waals surface area contributed by atoms with Crippen molar-refractivity contribution in [3.63, 3.8) is 0 Å². The number of phenols is 2. The average molecular weight is 552 g/mol. The third-order valence-corrected chi connectivity index (χ3v) is 7.31. The van der Waals surface area contributed by atoms with Crippen molar-refractivity contribution in [2.24, 2.45) is 4.99 Å². The molecule has 6 rings (SSSR count). The monoisotopic (exact) mass is 551 g/mol. The fourth-order valence-corrected chi connectivity index (χ4v) is 5.27. The molecule has 2 heterocycles. The lowest BCUT2D eigenvalue weighted by Crippen LogP contribution is -2.25. The van der Waals surface area contributed by atoms with Crippen LogP contribution in [0, 0.1) is 6.92 Å². The molecule has 40 heavy (non-hydrogen) atoms. The number of aryl methyl sites for hydroxylation is 1. The minimum Gasteiger partial charge on any atom is -0.504 e. The van der Waals surface area contributed by atoms with Gasteiger partial charge in [0.25, 0.3) is 0 Å². The summed E-state index contributed by atoms with van der Waals surface area (Å²) in [5.74, 6) is 0.853. The summed E-state index contributed by atoms with van der Waals surface area (Å²) in [6.07, 6.45) is 0.130. The van der Waals surface area contributed by atoms with Gasteiger partial charge in [-0.15, -0.1) is 10.2 Å².